The molecule has 2 aromatic rings. The number of unbranched alkanes of at least 4 members (excludes halogenated alkanes) is 1. The van der Waals surface area contributed by atoms with E-state index in [4.69, 9.17) is 13.8 Å². The van der Waals surface area contributed by atoms with E-state index in [1.165, 1.54) is 11.7 Å². The van der Waals surface area contributed by atoms with Crippen molar-refractivity contribution in [3.63, 3.8) is 0 Å². The predicted octanol–water partition coefficient (Wildman–Crippen LogP) is 7.34. The Kier molecular flexibility index (Phi) is 8.65. The minimum Gasteiger partial charge on any atom is -0.507 e. The Morgan fingerprint density at radius 1 is 1.15 bits per heavy atom. The number of rotatable bonds is 8. The highest BCUT2D eigenvalue weighted by atomic mass is 32.1. The summed E-state index contributed by atoms with van der Waals surface area (Å²) in [5.41, 5.74) is 2.16. The van der Waals surface area contributed by atoms with Crippen molar-refractivity contribution in [3.05, 3.63) is 46.5 Å². The smallest absolute Gasteiger partial charge is 0.412 e. The summed E-state index contributed by atoms with van der Waals surface area (Å²) in [7, 11) is 0. The quantitative estimate of drug-likeness (QED) is 0.0598. The van der Waals surface area contributed by atoms with Gasteiger partial charge in [-0.3, -0.25) is 10.1 Å². The van der Waals surface area contributed by atoms with Crippen LogP contribution in [0.15, 0.2) is 24.3 Å². The molecule has 1 aliphatic rings. The van der Waals surface area contributed by atoms with Crippen molar-refractivity contribution in [2.24, 2.45) is 0 Å². The lowest BCUT2D eigenvalue weighted by molar-refractivity contribution is -0.672. The van der Waals surface area contributed by atoms with Crippen molar-refractivity contribution in [1.29, 1.82) is 0 Å². The molecule has 0 aromatic heterocycles. The summed E-state index contributed by atoms with van der Waals surface area (Å²) in [4.78, 5) is 24.6. The number of phenolic OH excluding ortho intramolecular Hbond substituents is 1. The Labute approximate surface area is 236 Å². The SMILES string of the molecule is CC(=O)c1c([N+](=CCCCOc2ccc3c(c2)C(C)(C)OC(=O)N3)OS)cc(C(C)(C)C)c(O)c1C(C)(C)C. The first kappa shape index (κ1) is 30.3. The lowest BCUT2D eigenvalue weighted by Gasteiger charge is -2.32. The number of aromatic hydroxyl groups is 1. The molecule has 2 N–H and O–H groups in total. The van der Waals surface area contributed by atoms with E-state index < -0.39 is 17.1 Å². The van der Waals surface area contributed by atoms with Gasteiger partial charge < -0.3 is 14.6 Å². The summed E-state index contributed by atoms with van der Waals surface area (Å²) in [6.07, 6.45) is 2.57. The molecule has 212 valence electrons. The number of anilines is 1. The third-order valence-electron chi connectivity index (χ3n) is 6.65. The second kappa shape index (κ2) is 11.1. The third-order valence-corrected chi connectivity index (χ3v) is 6.83. The summed E-state index contributed by atoms with van der Waals surface area (Å²) in [6, 6.07) is 7.30. The van der Waals surface area contributed by atoms with E-state index in [-0.39, 0.29) is 16.9 Å². The number of amides is 1. The number of hydrogen-bond acceptors (Lipinski definition) is 7. The van der Waals surface area contributed by atoms with Crippen LogP contribution in [0.25, 0.3) is 0 Å². The molecule has 0 saturated carbocycles. The van der Waals surface area contributed by atoms with E-state index in [0.717, 1.165) is 11.1 Å². The average molecular weight is 558 g/mol. The van der Waals surface area contributed by atoms with Gasteiger partial charge in [-0.05, 0) is 56.2 Å². The molecule has 1 heterocycles. The zero-order chi connectivity index (χ0) is 29.3. The van der Waals surface area contributed by atoms with Crippen LogP contribution in [0.5, 0.6) is 11.5 Å². The van der Waals surface area contributed by atoms with Gasteiger partial charge in [0.1, 0.15) is 35.6 Å². The van der Waals surface area contributed by atoms with E-state index in [9.17, 15) is 14.7 Å². The van der Waals surface area contributed by atoms with E-state index in [1.54, 1.807) is 6.07 Å². The van der Waals surface area contributed by atoms with Crippen LogP contribution in [0.4, 0.5) is 16.2 Å². The molecule has 0 fully saturated rings. The van der Waals surface area contributed by atoms with Gasteiger partial charge in [-0.25, -0.2) is 4.79 Å². The van der Waals surface area contributed by atoms with Crippen LogP contribution in [0.3, 0.4) is 0 Å². The van der Waals surface area contributed by atoms with Crippen LogP contribution < -0.4 is 10.1 Å². The lowest BCUT2D eigenvalue weighted by atomic mass is 9.76. The Balaban J connectivity index is 1.85. The van der Waals surface area contributed by atoms with Crippen molar-refractivity contribution in [2.75, 3.05) is 11.9 Å². The first-order valence-electron chi connectivity index (χ1n) is 13.1. The first-order valence-corrected chi connectivity index (χ1v) is 13.5. The Morgan fingerprint density at radius 3 is 2.38 bits per heavy atom. The number of phenols is 1. The number of fused-ring (bicyclic) bond motifs is 1. The van der Waals surface area contributed by atoms with Crippen LogP contribution in [0, 0.1) is 0 Å². The zero-order valence-corrected chi connectivity index (χ0v) is 25.3. The first-order chi connectivity index (χ1) is 18.0. The number of ketones is 1. The number of nitrogens with zero attached hydrogens (tertiary/aromatic N) is 1. The molecular weight excluding hydrogens is 516 g/mol. The maximum absolute atomic E-state index is 12.9. The third kappa shape index (κ3) is 6.69. The molecule has 0 bridgehead atoms. The van der Waals surface area contributed by atoms with Gasteiger partial charge in [0, 0.05) is 33.9 Å². The van der Waals surface area contributed by atoms with Gasteiger partial charge in [0.25, 0.3) is 5.69 Å². The number of hydrogen-bond donors (Lipinski definition) is 3. The van der Waals surface area contributed by atoms with Gasteiger partial charge in [-0.1, -0.05) is 41.5 Å². The summed E-state index contributed by atoms with van der Waals surface area (Å²) < 4.78 is 18.2. The molecule has 1 aliphatic heterocycles. The van der Waals surface area contributed by atoms with Crippen molar-refractivity contribution in [3.8, 4) is 11.5 Å². The summed E-state index contributed by atoms with van der Waals surface area (Å²) in [5.74, 6) is 0.633. The lowest BCUT2D eigenvalue weighted by Crippen LogP contribution is -2.34. The van der Waals surface area contributed by atoms with Crippen LogP contribution >= 0.6 is 12.9 Å². The minimum atomic E-state index is -0.758. The number of ether oxygens (including phenoxy) is 2. The number of carbonyl (C=O) groups excluding carboxylic acids is 2. The summed E-state index contributed by atoms with van der Waals surface area (Å²) in [5, 5.41) is 14.0. The van der Waals surface area contributed by atoms with Crippen molar-refractivity contribution in [2.45, 2.75) is 91.6 Å². The van der Waals surface area contributed by atoms with Crippen LogP contribution in [0.2, 0.25) is 0 Å². The summed E-state index contributed by atoms with van der Waals surface area (Å²) >= 11 is 4.08. The molecule has 1 amide bonds. The Morgan fingerprint density at radius 2 is 1.82 bits per heavy atom. The fourth-order valence-electron chi connectivity index (χ4n) is 4.79. The van der Waals surface area contributed by atoms with Crippen LogP contribution in [-0.2, 0) is 25.5 Å². The zero-order valence-electron chi connectivity index (χ0n) is 24.4. The highest BCUT2D eigenvalue weighted by Crippen LogP contribution is 2.45. The van der Waals surface area contributed by atoms with Crippen LogP contribution in [0.1, 0.15) is 102 Å². The molecule has 0 radical (unpaired) electrons. The highest BCUT2D eigenvalue weighted by Gasteiger charge is 2.37. The van der Waals surface area contributed by atoms with Crippen molar-refractivity contribution in [1.82, 2.24) is 0 Å². The number of nitrogens with one attached hydrogen (secondary N) is 1. The number of benzene rings is 2. The van der Waals surface area contributed by atoms with E-state index in [2.05, 4.69) is 18.2 Å². The van der Waals surface area contributed by atoms with Gasteiger partial charge in [0.05, 0.1) is 12.3 Å². The Hall–Kier alpha value is -3.20. The molecule has 0 atom stereocenters. The molecule has 2 aromatic carbocycles. The molecule has 0 unspecified atom stereocenters. The van der Waals surface area contributed by atoms with Crippen molar-refractivity contribution >= 4 is 42.4 Å². The number of cyclic esters (lactones) is 1. The topological polar surface area (TPSA) is 97.1 Å². The molecule has 39 heavy (non-hydrogen) atoms. The van der Waals surface area contributed by atoms with E-state index in [1.807, 2.05) is 79.8 Å². The molecule has 8 nitrogen and oxygen atoms in total. The largest absolute Gasteiger partial charge is 0.507 e. The van der Waals surface area contributed by atoms with Gasteiger partial charge in [0.15, 0.2) is 5.78 Å². The van der Waals surface area contributed by atoms with Crippen LogP contribution in [-0.4, -0.2) is 34.5 Å². The molecular formula is C30H41N2O6S+. The second-order valence-electron chi connectivity index (χ2n) is 12.4. The molecule has 0 saturated heterocycles. The average Bonchev–Trinajstić information content (AvgIpc) is 2.79. The van der Waals surface area contributed by atoms with Crippen molar-refractivity contribution < 1.29 is 33.2 Å². The van der Waals surface area contributed by atoms with E-state index in [0.29, 0.717) is 47.7 Å². The number of carbonyl (C=O) groups is 2. The standard InChI is InChI=1S/C30H40N2O6S/c1-18(33)24-23(17-21(28(2,3)4)26(34)25(24)29(5,6)7)32(38-39)14-10-11-15-36-19-12-13-22-20(16-19)30(8,9)37-27(35)31-22/h12-14,16-17H,10-11,15H2,1-9H3,(H2-,31,34,35,39)/p+1. The van der Waals surface area contributed by atoms with Gasteiger partial charge in [-0.15, -0.1) is 0 Å². The molecule has 0 aliphatic carbocycles. The van der Waals surface area contributed by atoms with E-state index >= 15 is 0 Å². The predicted molar refractivity (Wildman–Crippen MR) is 156 cm³/mol. The monoisotopic (exact) mass is 557 g/mol. The second-order valence-corrected chi connectivity index (χ2v) is 12.6. The number of Topliss-reactive ketones (excluding diaryl/α,β-unsaturated/α-hetero) is 1. The van der Waals surface area contributed by atoms with Gasteiger partial charge in [0.2, 0.25) is 6.21 Å². The Bertz CT molecular complexity index is 1300. The highest BCUT2D eigenvalue weighted by molar-refractivity contribution is 7.74. The summed E-state index contributed by atoms with van der Waals surface area (Å²) in [6.45, 7) is 17.6. The van der Waals surface area contributed by atoms with Gasteiger partial charge in [-0.2, -0.15) is 4.28 Å². The normalized spacial score (nSPS) is 15.2. The molecule has 3 rings (SSSR count). The molecule has 0 spiro atoms. The number of thiol groups is 1. The molecule has 9 heteroatoms. The minimum absolute atomic E-state index is 0.134. The van der Waals surface area contributed by atoms with Gasteiger partial charge >= 0.3 is 6.09 Å². The fourth-order valence-corrected chi connectivity index (χ4v) is 4.95. The maximum Gasteiger partial charge on any atom is 0.412 e. The fraction of sp³-hybridized carbons (Fsp3) is 0.500. The maximum atomic E-state index is 12.9.